The topological polar surface area (TPSA) is 24.5 Å². The van der Waals surface area contributed by atoms with Crippen LogP contribution in [-0.4, -0.2) is 49.8 Å². The maximum Gasteiger partial charge on any atom is 0.0509 e. The number of hydrogen-bond acceptors (Lipinski definition) is 3. The molecule has 0 bridgehead atoms. The molecule has 0 spiro atoms. The summed E-state index contributed by atoms with van der Waals surface area (Å²) in [5, 5.41) is 3.71. The molecule has 2 aliphatic heterocycles. The van der Waals surface area contributed by atoms with Gasteiger partial charge in [-0.15, -0.1) is 0 Å². The molecule has 0 aromatic rings. The molecule has 2 saturated heterocycles. The average Bonchev–Trinajstić information content (AvgIpc) is 2.96. The second kappa shape index (κ2) is 5.99. The van der Waals surface area contributed by atoms with Gasteiger partial charge < -0.3 is 10.1 Å². The molecule has 2 rings (SSSR count). The van der Waals surface area contributed by atoms with E-state index in [1.54, 1.807) is 0 Å². The van der Waals surface area contributed by atoms with Crippen molar-refractivity contribution in [2.45, 2.75) is 45.2 Å². The predicted molar refractivity (Wildman–Crippen MR) is 66.7 cm³/mol. The van der Waals surface area contributed by atoms with Gasteiger partial charge in [-0.25, -0.2) is 0 Å². The van der Waals surface area contributed by atoms with Gasteiger partial charge in [0.1, 0.15) is 0 Å². The Bertz CT molecular complexity index is 204. The minimum Gasteiger partial charge on any atom is -0.381 e. The Morgan fingerprint density at radius 2 is 2.31 bits per heavy atom. The average molecular weight is 226 g/mol. The van der Waals surface area contributed by atoms with Crippen LogP contribution in [0.25, 0.3) is 0 Å². The van der Waals surface area contributed by atoms with E-state index in [4.69, 9.17) is 4.74 Å². The highest BCUT2D eigenvalue weighted by molar-refractivity contribution is 4.83. The first-order valence-corrected chi connectivity index (χ1v) is 6.86. The maximum atomic E-state index is 5.44. The van der Waals surface area contributed by atoms with Gasteiger partial charge in [0.15, 0.2) is 0 Å². The maximum absolute atomic E-state index is 5.44. The monoisotopic (exact) mass is 226 g/mol. The lowest BCUT2D eigenvalue weighted by molar-refractivity contribution is 0.175. The van der Waals surface area contributed by atoms with E-state index in [2.05, 4.69) is 24.1 Å². The third kappa shape index (κ3) is 2.96. The van der Waals surface area contributed by atoms with E-state index in [0.29, 0.717) is 6.04 Å². The second-order valence-electron chi connectivity index (χ2n) is 5.25. The van der Waals surface area contributed by atoms with Crippen LogP contribution in [0.15, 0.2) is 0 Å². The largest absolute Gasteiger partial charge is 0.381 e. The lowest BCUT2D eigenvalue weighted by Crippen LogP contribution is -2.43. The summed E-state index contributed by atoms with van der Waals surface area (Å²) < 4.78 is 5.44. The summed E-state index contributed by atoms with van der Waals surface area (Å²) in [6.45, 7) is 10.2. The van der Waals surface area contributed by atoms with Gasteiger partial charge in [-0.05, 0) is 45.2 Å². The van der Waals surface area contributed by atoms with Crippen LogP contribution < -0.4 is 5.32 Å². The molecule has 0 aliphatic carbocycles. The first-order chi connectivity index (χ1) is 7.81. The Balaban J connectivity index is 1.69. The zero-order valence-electron chi connectivity index (χ0n) is 10.7. The third-order valence-corrected chi connectivity index (χ3v) is 4.25. The molecule has 3 heteroatoms. The molecule has 0 radical (unpaired) electrons. The Kier molecular flexibility index (Phi) is 4.62. The van der Waals surface area contributed by atoms with Gasteiger partial charge in [0.2, 0.25) is 0 Å². The van der Waals surface area contributed by atoms with Gasteiger partial charge in [-0.1, -0.05) is 6.92 Å². The molecule has 94 valence electrons. The summed E-state index contributed by atoms with van der Waals surface area (Å²) in [6, 6.07) is 1.39. The van der Waals surface area contributed by atoms with Gasteiger partial charge in [-0.2, -0.15) is 0 Å². The number of ether oxygens (including phenoxy) is 1. The molecule has 0 aromatic heterocycles. The van der Waals surface area contributed by atoms with Crippen LogP contribution in [0, 0.1) is 5.92 Å². The normalized spacial score (nSPS) is 33.4. The molecule has 3 atom stereocenters. The summed E-state index contributed by atoms with van der Waals surface area (Å²) in [5.41, 5.74) is 0. The van der Waals surface area contributed by atoms with E-state index in [1.807, 2.05) is 0 Å². The second-order valence-corrected chi connectivity index (χ2v) is 5.25. The van der Waals surface area contributed by atoms with Crippen LogP contribution in [0.1, 0.15) is 33.1 Å². The Hall–Kier alpha value is -0.120. The molecular formula is C13H26N2O. The molecule has 16 heavy (non-hydrogen) atoms. The molecule has 0 aromatic carbocycles. The predicted octanol–water partition coefficient (Wildman–Crippen LogP) is 1.49. The van der Waals surface area contributed by atoms with E-state index < -0.39 is 0 Å². The summed E-state index contributed by atoms with van der Waals surface area (Å²) in [7, 11) is 0. The first kappa shape index (κ1) is 12.3. The number of nitrogens with zero attached hydrogens (tertiary/aromatic N) is 1. The Morgan fingerprint density at radius 3 is 3.00 bits per heavy atom. The SMILES string of the molecule is CCN1CCCC1CNC(C)C1CCOC1. The minimum atomic E-state index is 0.613. The van der Waals surface area contributed by atoms with E-state index >= 15 is 0 Å². The molecule has 0 saturated carbocycles. The number of rotatable bonds is 5. The van der Waals surface area contributed by atoms with Crippen molar-refractivity contribution in [2.24, 2.45) is 5.92 Å². The van der Waals surface area contributed by atoms with Crippen molar-refractivity contribution in [3.63, 3.8) is 0 Å². The van der Waals surface area contributed by atoms with E-state index in [9.17, 15) is 0 Å². The summed E-state index contributed by atoms with van der Waals surface area (Å²) in [5.74, 6) is 0.733. The number of likely N-dealkylation sites (tertiary alicyclic amines) is 1. The third-order valence-electron chi connectivity index (χ3n) is 4.25. The summed E-state index contributed by atoms with van der Waals surface area (Å²) in [6.07, 6.45) is 3.98. The van der Waals surface area contributed by atoms with Crippen molar-refractivity contribution in [3.8, 4) is 0 Å². The molecule has 2 fully saturated rings. The fraction of sp³-hybridized carbons (Fsp3) is 1.00. The molecule has 2 heterocycles. The van der Waals surface area contributed by atoms with Crippen LogP contribution in [-0.2, 0) is 4.74 Å². The lowest BCUT2D eigenvalue weighted by Gasteiger charge is -2.26. The number of hydrogen-bond donors (Lipinski definition) is 1. The Labute approximate surface area is 99.5 Å². The van der Waals surface area contributed by atoms with Gasteiger partial charge >= 0.3 is 0 Å². The van der Waals surface area contributed by atoms with E-state index in [-0.39, 0.29) is 0 Å². The minimum absolute atomic E-state index is 0.613. The standard InChI is InChI=1S/C13H26N2O/c1-3-15-7-4-5-13(15)9-14-11(2)12-6-8-16-10-12/h11-14H,3-10H2,1-2H3. The number of likely N-dealkylation sites (N-methyl/N-ethyl adjacent to an activating group) is 1. The van der Waals surface area contributed by atoms with Crippen molar-refractivity contribution in [1.82, 2.24) is 10.2 Å². The molecule has 3 nitrogen and oxygen atoms in total. The van der Waals surface area contributed by atoms with Crippen molar-refractivity contribution < 1.29 is 4.74 Å². The van der Waals surface area contributed by atoms with Gasteiger partial charge in [0.25, 0.3) is 0 Å². The van der Waals surface area contributed by atoms with Crippen molar-refractivity contribution in [3.05, 3.63) is 0 Å². The highest BCUT2D eigenvalue weighted by atomic mass is 16.5. The van der Waals surface area contributed by atoms with E-state index in [1.165, 1.54) is 32.4 Å². The first-order valence-electron chi connectivity index (χ1n) is 6.86. The quantitative estimate of drug-likeness (QED) is 0.768. The summed E-state index contributed by atoms with van der Waals surface area (Å²) >= 11 is 0. The zero-order valence-corrected chi connectivity index (χ0v) is 10.7. The molecule has 3 unspecified atom stereocenters. The van der Waals surface area contributed by atoms with Crippen LogP contribution in [0.2, 0.25) is 0 Å². The van der Waals surface area contributed by atoms with Crippen LogP contribution >= 0.6 is 0 Å². The molecule has 1 N–H and O–H groups in total. The van der Waals surface area contributed by atoms with Crippen molar-refractivity contribution in [2.75, 3.05) is 32.8 Å². The molecule has 0 amide bonds. The van der Waals surface area contributed by atoms with Gasteiger partial charge in [-0.3, -0.25) is 4.90 Å². The van der Waals surface area contributed by atoms with Crippen molar-refractivity contribution >= 4 is 0 Å². The van der Waals surface area contributed by atoms with Gasteiger partial charge in [0.05, 0.1) is 6.61 Å². The number of nitrogens with one attached hydrogen (secondary N) is 1. The van der Waals surface area contributed by atoms with Gasteiger partial charge in [0, 0.05) is 25.2 Å². The summed E-state index contributed by atoms with van der Waals surface area (Å²) in [4.78, 5) is 2.60. The fourth-order valence-electron chi connectivity index (χ4n) is 2.98. The zero-order chi connectivity index (χ0) is 11.4. The van der Waals surface area contributed by atoms with Crippen LogP contribution in [0.4, 0.5) is 0 Å². The van der Waals surface area contributed by atoms with Crippen LogP contribution in [0.5, 0.6) is 0 Å². The highest BCUT2D eigenvalue weighted by Crippen LogP contribution is 2.18. The van der Waals surface area contributed by atoms with Crippen molar-refractivity contribution in [1.29, 1.82) is 0 Å². The lowest BCUT2D eigenvalue weighted by atomic mass is 10.0. The molecular weight excluding hydrogens is 200 g/mol. The highest BCUT2D eigenvalue weighted by Gasteiger charge is 2.26. The fourth-order valence-corrected chi connectivity index (χ4v) is 2.98. The van der Waals surface area contributed by atoms with E-state index in [0.717, 1.165) is 31.7 Å². The van der Waals surface area contributed by atoms with Crippen LogP contribution in [0.3, 0.4) is 0 Å². The molecule has 2 aliphatic rings. The smallest absolute Gasteiger partial charge is 0.0509 e. The Morgan fingerprint density at radius 1 is 1.44 bits per heavy atom.